The van der Waals surface area contributed by atoms with Crippen LogP contribution in [0.25, 0.3) is 6.08 Å². The largest absolute Gasteiger partial charge is 0.326 e. The lowest BCUT2D eigenvalue weighted by atomic mass is 10.1. The van der Waals surface area contributed by atoms with Crippen LogP contribution >= 0.6 is 0 Å². The lowest BCUT2D eigenvalue weighted by Crippen LogP contribution is -2.08. The maximum absolute atomic E-state index is 12.1. The third kappa shape index (κ3) is 3.35. The molecule has 0 radical (unpaired) electrons. The van der Waals surface area contributed by atoms with Gasteiger partial charge in [-0.1, -0.05) is 30.3 Å². The molecule has 0 unspecified atom stereocenters. The monoisotopic (exact) mass is 314 g/mol. The molecule has 1 amide bonds. The lowest BCUT2D eigenvalue weighted by molar-refractivity contribution is -0.115. The molecule has 0 saturated carbocycles. The molecule has 2 N–H and O–H groups in total. The summed E-state index contributed by atoms with van der Waals surface area (Å²) in [7, 11) is -3.60. The molecular formula is C16H14N2O3S. The number of hydrogen-bond acceptors (Lipinski definition) is 3. The van der Waals surface area contributed by atoms with Gasteiger partial charge in [0.2, 0.25) is 5.91 Å². The first-order valence-electron chi connectivity index (χ1n) is 6.71. The highest BCUT2D eigenvalue weighted by molar-refractivity contribution is 7.95. The van der Waals surface area contributed by atoms with Crippen molar-refractivity contribution in [1.29, 1.82) is 0 Å². The Balaban J connectivity index is 1.76. The van der Waals surface area contributed by atoms with Gasteiger partial charge < -0.3 is 5.32 Å². The van der Waals surface area contributed by atoms with E-state index in [9.17, 15) is 13.2 Å². The van der Waals surface area contributed by atoms with E-state index in [-0.39, 0.29) is 12.3 Å². The van der Waals surface area contributed by atoms with Gasteiger partial charge in [0, 0.05) is 11.4 Å². The highest BCUT2D eigenvalue weighted by Crippen LogP contribution is 2.26. The Hall–Kier alpha value is -2.60. The smallest absolute Gasteiger partial charge is 0.255 e. The second kappa shape index (κ2) is 5.65. The quantitative estimate of drug-likeness (QED) is 0.911. The summed E-state index contributed by atoms with van der Waals surface area (Å²) < 4.78 is 26.6. The first-order valence-corrected chi connectivity index (χ1v) is 8.25. The van der Waals surface area contributed by atoms with E-state index >= 15 is 0 Å². The van der Waals surface area contributed by atoms with Crippen molar-refractivity contribution in [2.24, 2.45) is 0 Å². The van der Waals surface area contributed by atoms with Crippen LogP contribution in [0.1, 0.15) is 11.1 Å². The van der Waals surface area contributed by atoms with Crippen LogP contribution in [0.3, 0.4) is 0 Å². The number of carbonyl (C=O) groups is 1. The molecule has 3 rings (SSSR count). The summed E-state index contributed by atoms with van der Waals surface area (Å²) in [5.74, 6) is -0.0843. The van der Waals surface area contributed by atoms with Gasteiger partial charge in [0.05, 0.1) is 11.8 Å². The van der Waals surface area contributed by atoms with Crippen LogP contribution in [0.4, 0.5) is 11.4 Å². The number of rotatable bonds is 4. The summed E-state index contributed by atoms with van der Waals surface area (Å²) in [6, 6.07) is 14.2. The van der Waals surface area contributed by atoms with E-state index in [0.717, 1.165) is 22.2 Å². The minimum atomic E-state index is -3.60. The molecule has 1 aliphatic heterocycles. The van der Waals surface area contributed by atoms with Crippen molar-refractivity contribution in [3.8, 4) is 0 Å². The second-order valence-corrected chi connectivity index (χ2v) is 6.52. The Morgan fingerprint density at radius 1 is 1.09 bits per heavy atom. The molecule has 22 heavy (non-hydrogen) atoms. The first kappa shape index (κ1) is 14.3. The van der Waals surface area contributed by atoms with E-state index in [0.29, 0.717) is 5.69 Å². The van der Waals surface area contributed by atoms with Gasteiger partial charge in [-0.15, -0.1) is 0 Å². The molecule has 1 heterocycles. The lowest BCUT2D eigenvalue weighted by Gasteiger charge is -2.06. The maximum Gasteiger partial charge on any atom is 0.255 e. The first-order chi connectivity index (χ1) is 10.5. The molecule has 0 spiro atoms. The highest BCUT2D eigenvalue weighted by Gasteiger charge is 2.18. The summed E-state index contributed by atoms with van der Waals surface area (Å²) in [5.41, 5.74) is 2.76. The van der Waals surface area contributed by atoms with Crippen LogP contribution < -0.4 is 10.0 Å². The van der Waals surface area contributed by atoms with Crippen LogP contribution in [0.2, 0.25) is 0 Å². The molecule has 0 aromatic heterocycles. The number of hydrogen-bond donors (Lipinski definition) is 2. The molecule has 0 atom stereocenters. The summed E-state index contributed by atoms with van der Waals surface area (Å²) in [6.45, 7) is 0. The third-order valence-corrected chi connectivity index (χ3v) is 4.24. The number of benzene rings is 2. The topological polar surface area (TPSA) is 75.3 Å². The SMILES string of the molecule is O=C1Cc2cc(NS(=O)(=O)C=Cc3ccccc3)ccc2N1. The normalized spacial score (nSPS) is 13.9. The number of anilines is 2. The van der Waals surface area contributed by atoms with E-state index in [4.69, 9.17) is 0 Å². The molecule has 0 fully saturated rings. The molecule has 0 aliphatic carbocycles. The molecule has 112 valence electrons. The fraction of sp³-hybridized carbons (Fsp3) is 0.0625. The van der Waals surface area contributed by atoms with E-state index < -0.39 is 10.0 Å². The summed E-state index contributed by atoms with van der Waals surface area (Å²) in [5, 5.41) is 3.83. The predicted molar refractivity (Wildman–Crippen MR) is 86.8 cm³/mol. The summed E-state index contributed by atoms with van der Waals surface area (Å²) in [6.07, 6.45) is 1.80. The maximum atomic E-state index is 12.1. The highest BCUT2D eigenvalue weighted by atomic mass is 32.2. The van der Waals surface area contributed by atoms with E-state index in [1.807, 2.05) is 30.3 Å². The average molecular weight is 314 g/mol. The van der Waals surface area contributed by atoms with Gasteiger partial charge in [-0.25, -0.2) is 8.42 Å². The van der Waals surface area contributed by atoms with Crippen LogP contribution in [-0.4, -0.2) is 14.3 Å². The minimum Gasteiger partial charge on any atom is -0.326 e. The van der Waals surface area contributed by atoms with Crippen LogP contribution in [0.15, 0.2) is 53.9 Å². The number of fused-ring (bicyclic) bond motifs is 1. The second-order valence-electron chi connectivity index (χ2n) is 4.96. The molecule has 1 aliphatic rings. The molecule has 0 bridgehead atoms. The van der Waals surface area contributed by atoms with Crippen LogP contribution in [0.5, 0.6) is 0 Å². The summed E-state index contributed by atoms with van der Waals surface area (Å²) >= 11 is 0. The van der Waals surface area contributed by atoms with Crippen LogP contribution in [0, 0.1) is 0 Å². The van der Waals surface area contributed by atoms with Gasteiger partial charge in [0.15, 0.2) is 0 Å². The number of carbonyl (C=O) groups excluding carboxylic acids is 1. The fourth-order valence-corrected chi connectivity index (χ4v) is 3.08. The molecule has 2 aromatic carbocycles. The Morgan fingerprint density at radius 3 is 2.64 bits per heavy atom. The van der Waals surface area contributed by atoms with Crippen molar-refractivity contribution in [2.75, 3.05) is 10.0 Å². The Morgan fingerprint density at radius 2 is 1.86 bits per heavy atom. The van der Waals surface area contributed by atoms with Crippen molar-refractivity contribution in [3.63, 3.8) is 0 Å². The predicted octanol–water partition coefficient (Wildman–Crippen LogP) is 2.59. The Labute approximate surface area is 128 Å². The Bertz CT molecular complexity index is 843. The van der Waals surface area contributed by atoms with E-state index in [1.165, 1.54) is 6.08 Å². The minimum absolute atomic E-state index is 0.0843. The number of nitrogens with one attached hydrogen (secondary N) is 2. The van der Waals surface area contributed by atoms with Crippen molar-refractivity contribution in [3.05, 3.63) is 65.1 Å². The zero-order valence-electron chi connectivity index (χ0n) is 11.6. The molecule has 5 nitrogen and oxygen atoms in total. The van der Waals surface area contributed by atoms with Crippen molar-refractivity contribution >= 4 is 33.4 Å². The van der Waals surface area contributed by atoms with Crippen molar-refractivity contribution < 1.29 is 13.2 Å². The molecule has 0 saturated heterocycles. The zero-order chi connectivity index (χ0) is 15.6. The van der Waals surface area contributed by atoms with Gasteiger partial charge in [0.1, 0.15) is 0 Å². The van der Waals surface area contributed by atoms with Crippen molar-refractivity contribution in [1.82, 2.24) is 0 Å². The van der Waals surface area contributed by atoms with E-state index in [2.05, 4.69) is 10.0 Å². The average Bonchev–Trinajstić information content (AvgIpc) is 2.85. The number of amides is 1. The van der Waals surface area contributed by atoms with Gasteiger partial charge in [-0.2, -0.15) is 0 Å². The third-order valence-electron chi connectivity index (χ3n) is 3.23. The Kier molecular flexibility index (Phi) is 3.68. The zero-order valence-corrected chi connectivity index (χ0v) is 12.4. The molecule has 2 aromatic rings. The van der Waals surface area contributed by atoms with Gasteiger partial charge >= 0.3 is 0 Å². The fourth-order valence-electron chi connectivity index (χ4n) is 2.22. The van der Waals surface area contributed by atoms with Crippen LogP contribution in [-0.2, 0) is 21.2 Å². The molecule has 6 heteroatoms. The number of sulfonamides is 1. The summed E-state index contributed by atoms with van der Waals surface area (Å²) in [4.78, 5) is 11.3. The molecular weight excluding hydrogens is 300 g/mol. The van der Waals surface area contributed by atoms with Gasteiger partial charge in [-0.05, 0) is 35.4 Å². The van der Waals surface area contributed by atoms with Gasteiger partial charge in [-0.3, -0.25) is 9.52 Å². The van der Waals surface area contributed by atoms with Crippen molar-refractivity contribution in [2.45, 2.75) is 6.42 Å². The van der Waals surface area contributed by atoms with E-state index in [1.54, 1.807) is 18.2 Å². The van der Waals surface area contributed by atoms with Gasteiger partial charge in [0.25, 0.3) is 10.0 Å². The standard InChI is InChI=1S/C16H14N2O3S/c19-16-11-13-10-14(6-7-15(13)17-16)18-22(20,21)9-8-12-4-2-1-3-5-12/h1-10,18H,11H2,(H,17,19).